The lowest BCUT2D eigenvalue weighted by Crippen LogP contribution is -2.32. The van der Waals surface area contributed by atoms with Crippen LogP contribution in [0, 0.1) is 18.8 Å². The first kappa shape index (κ1) is 12.3. The summed E-state index contributed by atoms with van der Waals surface area (Å²) in [4.78, 5) is 25.2. The van der Waals surface area contributed by atoms with Crippen molar-refractivity contribution in [3.05, 3.63) is 21.9 Å². The summed E-state index contributed by atoms with van der Waals surface area (Å²) in [6.45, 7) is 1.96. The topological polar surface area (TPSA) is 54.4 Å². The number of carbonyl (C=O) groups is 2. The summed E-state index contributed by atoms with van der Waals surface area (Å²) in [5, 5.41) is 9.16. The zero-order valence-electron chi connectivity index (χ0n) is 9.81. The van der Waals surface area contributed by atoms with Gasteiger partial charge < -0.3 is 5.11 Å². The number of carbonyl (C=O) groups excluding carboxylic acids is 1. The number of aryl methyl sites for hydroxylation is 1. The SMILES string of the molecule is Cc1ccc(C(=O)[C@@H]2CCCC[C@@H]2C(=O)O)s1. The van der Waals surface area contributed by atoms with E-state index >= 15 is 0 Å². The van der Waals surface area contributed by atoms with Crippen LogP contribution in [0.4, 0.5) is 0 Å². The van der Waals surface area contributed by atoms with E-state index in [0.717, 1.165) is 17.7 Å². The minimum atomic E-state index is -0.823. The van der Waals surface area contributed by atoms with Crippen molar-refractivity contribution in [1.82, 2.24) is 0 Å². The van der Waals surface area contributed by atoms with Crippen molar-refractivity contribution in [2.75, 3.05) is 0 Å². The number of carboxylic acid groups (broad SMARTS) is 1. The molecule has 1 aliphatic carbocycles. The Balaban J connectivity index is 2.19. The molecule has 1 aromatic rings. The average Bonchev–Trinajstić information content (AvgIpc) is 2.75. The molecule has 1 aliphatic rings. The molecule has 2 atom stereocenters. The first-order chi connectivity index (χ1) is 8.09. The molecule has 2 rings (SSSR count). The predicted molar refractivity (Wildman–Crippen MR) is 66.5 cm³/mol. The molecule has 0 radical (unpaired) electrons. The van der Waals surface area contributed by atoms with E-state index in [1.807, 2.05) is 19.1 Å². The lowest BCUT2D eigenvalue weighted by molar-refractivity contribution is -0.144. The van der Waals surface area contributed by atoms with Crippen LogP contribution in [0.25, 0.3) is 0 Å². The standard InChI is InChI=1S/C13H16O3S/c1-8-6-7-11(17-8)12(14)9-4-2-3-5-10(9)13(15)16/h6-7,9-10H,2-5H2,1H3,(H,15,16)/t9-,10+/m1/s1. The molecule has 17 heavy (non-hydrogen) atoms. The Morgan fingerprint density at radius 3 is 2.41 bits per heavy atom. The van der Waals surface area contributed by atoms with Crippen molar-refractivity contribution in [2.24, 2.45) is 11.8 Å². The molecule has 1 heterocycles. The minimum absolute atomic E-state index is 0.0233. The third kappa shape index (κ3) is 2.57. The Labute approximate surface area is 104 Å². The van der Waals surface area contributed by atoms with Crippen LogP contribution < -0.4 is 0 Å². The lowest BCUT2D eigenvalue weighted by atomic mass is 9.76. The van der Waals surface area contributed by atoms with Crippen LogP contribution in [0.2, 0.25) is 0 Å². The molecule has 0 spiro atoms. The van der Waals surface area contributed by atoms with Crippen LogP contribution in [0.3, 0.4) is 0 Å². The van der Waals surface area contributed by atoms with Gasteiger partial charge in [0.2, 0.25) is 0 Å². The lowest BCUT2D eigenvalue weighted by Gasteiger charge is -2.26. The maximum absolute atomic E-state index is 12.3. The fraction of sp³-hybridized carbons (Fsp3) is 0.538. The summed E-state index contributed by atoms with van der Waals surface area (Å²) in [6, 6.07) is 3.73. The van der Waals surface area contributed by atoms with Gasteiger partial charge in [-0.3, -0.25) is 9.59 Å². The average molecular weight is 252 g/mol. The first-order valence-corrected chi connectivity index (χ1v) is 6.74. The fourth-order valence-electron chi connectivity index (χ4n) is 2.49. The van der Waals surface area contributed by atoms with E-state index in [4.69, 9.17) is 5.11 Å². The molecule has 92 valence electrons. The van der Waals surface area contributed by atoms with Crippen LogP contribution in [0.5, 0.6) is 0 Å². The van der Waals surface area contributed by atoms with E-state index in [9.17, 15) is 9.59 Å². The predicted octanol–water partition coefficient (Wildman–Crippen LogP) is 3.13. The van der Waals surface area contributed by atoms with Crippen LogP contribution in [0.1, 0.15) is 40.2 Å². The van der Waals surface area contributed by atoms with Crippen LogP contribution >= 0.6 is 11.3 Å². The highest BCUT2D eigenvalue weighted by atomic mass is 32.1. The van der Waals surface area contributed by atoms with Crippen molar-refractivity contribution in [3.63, 3.8) is 0 Å². The van der Waals surface area contributed by atoms with Gasteiger partial charge in [0.15, 0.2) is 5.78 Å². The van der Waals surface area contributed by atoms with E-state index in [1.165, 1.54) is 11.3 Å². The van der Waals surface area contributed by atoms with Crippen molar-refractivity contribution in [1.29, 1.82) is 0 Å². The maximum Gasteiger partial charge on any atom is 0.307 e. The molecule has 0 unspecified atom stereocenters. The second kappa shape index (κ2) is 5.00. The van der Waals surface area contributed by atoms with Gasteiger partial charge in [0, 0.05) is 10.8 Å². The van der Waals surface area contributed by atoms with Crippen molar-refractivity contribution < 1.29 is 14.7 Å². The molecule has 0 aliphatic heterocycles. The smallest absolute Gasteiger partial charge is 0.307 e. The van der Waals surface area contributed by atoms with Crippen LogP contribution in [-0.2, 0) is 4.79 Å². The molecule has 1 fully saturated rings. The summed E-state index contributed by atoms with van der Waals surface area (Å²) in [6.07, 6.45) is 3.23. The highest BCUT2D eigenvalue weighted by Crippen LogP contribution is 2.34. The highest BCUT2D eigenvalue weighted by Gasteiger charge is 2.36. The number of thiophene rings is 1. The molecule has 3 nitrogen and oxygen atoms in total. The molecule has 0 amide bonds. The number of aliphatic carboxylic acids is 1. The van der Waals surface area contributed by atoms with Crippen molar-refractivity contribution in [2.45, 2.75) is 32.6 Å². The van der Waals surface area contributed by atoms with Gasteiger partial charge in [-0.2, -0.15) is 0 Å². The molecule has 0 bridgehead atoms. The summed E-state index contributed by atoms with van der Waals surface area (Å²) in [5.41, 5.74) is 0. The normalized spacial score (nSPS) is 24.5. The van der Waals surface area contributed by atoms with E-state index in [0.29, 0.717) is 17.7 Å². The Kier molecular flexibility index (Phi) is 3.62. The quantitative estimate of drug-likeness (QED) is 0.841. The van der Waals surface area contributed by atoms with Gasteiger partial charge in [-0.15, -0.1) is 11.3 Å². The second-order valence-electron chi connectivity index (χ2n) is 4.61. The molecular formula is C13H16O3S. The molecule has 1 N–H and O–H groups in total. The zero-order valence-corrected chi connectivity index (χ0v) is 10.6. The second-order valence-corrected chi connectivity index (χ2v) is 5.90. The van der Waals surface area contributed by atoms with Crippen LogP contribution in [0.15, 0.2) is 12.1 Å². The monoisotopic (exact) mass is 252 g/mol. The van der Waals surface area contributed by atoms with Gasteiger partial charge in [-0.25, -0.2) is 0 Å². The molecular weight excluding hydrogens is 236 g/mol. The number of carboxylic acids is 1. The molecule has 1 saturated carbocycles. The summed E-state index contributed by atoms with van der Waals surface area (Å²) in [5.74, 6) is -1.61. The Bertz CT molecular complexity index is 436. The number of ketones is 1. The number of Topliss-reactive ketones (excluding diaryl/α,β-unsaturated/α-hetero) is 1. The number of hydrogen-bond donors (Lipinski definition) is 1. The van der Waals surface area contributed by atoms with Gasteiger partial charge in [0.1, 0.15) is 0 Å². The summed E-state index contributed by atoms with van der Waals surface area (Å²) >= 11 is 1.46. The number of hydrogen-bond acceptors (Lipinski definition) is 3. The summed E-state index contributed by atoms with van der Waals surface area (Å²) in [7, 11) is 0. The van der Waals surface area contributed by atoms with Crippen molar-refractivity contribution in [3.8, 4) is 0 Å². The van der Waals surface area contributed by atoms with Crippen LogP contribution in [-0.4, -0.2) is 16.9 Å². The molecule has 0 saturated heterocycles. The molecule has 1 aromatic heterocycles. The van der Waals surface area contributed by atoms with Gasteiger partial charge >= 0.3 is 5.97 Å². The van der Waals surface area contributed by atoms with E-state index in [2.05, 4.69) is 0 Å². The zero-order chi connectivity index (χ0) is 12.4. The fourth-order valence-corrected chi connectivity index (χ4v) is 3.36. The summed E-state index contributed by atoms with van der Waals surface area (Å²) < 4.78 is 0. The van der Waals surface area contributed by atoms with Gasteiger partial charge in [-0.1, -0.05) is 12.8 Å². The first-order valence-electron chi connectivity index (χ1n) is 5.93. The highest BCUT2D eigenvalue weighted by molar-refractivity contribution is 7.14. The largest absolute Gasteiger partial charge is 0.481 e. The Hall–Kier alpha value is -1.16. The third-order valence-corrected chi connectivity index (χ3v) is 4.42. The molecule has 4 heteroatoms. The third-order valence-electron chi connectivity index (χ3n) is 3.40. The maximum atomic E-state index is 12.3. The molecule has 0 aromatic carbocycles. The van der Waals surface area contributed by atoms with Gasteiger partial charge in [-0.05, 0) is 31.9 Å². The van der Waals surface area contributed by atoms with E-state index in [-0.39, 0.29) is 11.7 Å². The van der Waals surface area contributed by atoms with Gasteiger partial charge in [0.05, 0.1) is 10.8 Å². The van der Waals surface area contributed by atoms with Crippen molar-refractivity contribution >= 4 is 23.1 Å². The minimum Gasteiger partial charge on any atom is -0.481 e. The van der Waals surface area contributed by atoms with E-state index in [1.54, 1.807) is 0 Å². The number of rotatable bonds is 3. The van der Waals surface area contributed by atoms with E-state index < -0.39 is 11.9 Å². The Morgan fingerprint density at radius 2 is 1.88 bits per heavy atom. The van der Waals surface area contributed by atoms with Gasteiger partial charge in [0.25, 0.3) is 0 Å². The Morgan fingerprint density at radius 1 is 1.24 bits per heavy atom.